The minimum atomic E-state index is 0.0961. The van der Waals surface area contributed by atoms with Crippen molar-refractivity contribution in [1.29, 1.82) is 0 Å². The van der Waals surface area contributed by atoms with Gasteiger partial charge in [0.05, 0.1) is 7.11 Å². The Kier molecular flexibility index (Phi) is 7.15. The number of anilines is 2. The number of piperazine rings is 1. The predicted molar refractivity (Wildman–Crippen MR) is 120 cm³/mol. The molecule has 1 N–H and O–H groups in total. The first-order chi connectivity index (χ1) is 14.0. The number of carbonyl (C=O) groups excluding carboxylic acids is 1. The summed E-state index contributed by atoms with van der Waals surface area (Å²) in [5.41, 5.74) is 4.53. The molecule has 2 aromatic rings. The van der Waals surface area contributed by atoms with E-state index in [4.69, 9.17) is 4.74 Å². The van der Waals surface area contributed by atoms with Crippen LogP contribution in [0.15, 0.2) is 42.5 Å². The molecule has 156 valence electrons. The van der Waals surface area contributed by atoms with Crippen molar-refractivity contribution in [2.24, 2.45) is 0 Å². The van der Waals surface area contributed by atoms with Crippen LogP contribution < -0.4 is 15.0 Å². The van der Waals surface area contributed by atoms with Crippen molar-refractivity contribution in [3.8, 4) is 5.75 Å². The van der Waals surface area contributed by atoms with Crippen molar-refractivity contribution in [3.63, 3.8) is 0 Å². The van der Waals surface area contributed by atoms with Gasteiger partial charge in [0.15, 0.2) is 0 Å². The molecule has 2 aromatic carbocycles. The minimum absolute atomic E-state index is 0.0961. The summed E-state index contributed by atoms with van der Waals surface area (Å²) >= 11 is 0. The summed E-state index contributed by atoms with van der Waals surface area (Å²) in [6.45, 7) is 11.1. The van der Waals surface area contributed by atoms with Crippen LogP contribution in [0, 0.1) is 6.92 Å². The van der Waals surface area contributed by atoms with Gasteiger partial charge in [0.2, 0.25) is 5.91 Å². The molecule has 0 unspecified atom stereocenters. The lowest BCUT2D eigenvalue weighted by molar-refractivity contribution is -0.116. The fourth-order valence-electron chi connectivity index (χ4n) is 3.83. The number of nitrogens with one attached hydrogen (secondary N) is 1. The Morgan fingerprint density at radius 2 is 1.76 bits per heavy atom. The molecule has 1 amide bonds. The monoisotopic (exact) mass is 395 g/mol. The second-order valence-corrected chi connectivity index (χ2v) is 8.02. The highest BCUT2D eigenvalue weighted by Gasteiger charge is 2.18. The summed E-state index contributed by atoms with van der Waals surface area (Å²) in [4.78, 5) is 17.3. The van der Waals surface area contributed by atoms with Crippen molar-refractivity contribution in [2.75, 3.05) is 50.1 Å². The van der Waals surface area contributed by atoms with Gasteiger partial charge >= 0.3 is 0 Å². The molecule has 0 aliphatic carbocycles. The van der Waals surface area contributed by atoms with Crippen LogP contribution >= 0.6 is 0 Å². The number of hydrogen-bond donors (Lipinski definition) is 1. The number of methoxy groups -OCH3 is 1. The molecular weight excluding hydrogens is 362 g/mol. The standard InChI is InChI=1S/C24H33N3O2/c1-18(2)22-7-5-6-19(3)24(22)25-23(28)12-13-26-14-16-27(17-15-26)20-8-10-21(29-4)11-9-20/h5-11,18H,12-17H2,1-4H3,(H,25,28). The van der Waals surface area contributed by atoms with E-state index in [0.717, 1.165) is 49.7 Å². The van der Waals surface area contributed by atoms with Gasteiger partial charge in [-0.2, -0.15) is 0 Å². The zero-order valence-corrected chi connectivity index (χ0v) is 18.1. The first-order valence-electron chi connectivity index (χ1n) is 10.5. The molecule has 29 heavy (non-hydrogen) atoms. The number of amides is 1. The Hall–Kier alpha value is -2.53. The molecule has 0 saturated carbocycles. The van der Waals surface area contributed by atoms with Crippen LogP contribution in [0.2, 0.25) is 0 Å². The second-order valence-electron chi connectivity index (χ2n) is 8.02. The van der Waals surface area contributed by atoms with Gasteiger partial charge in [-0.05, 0) is 48.2 Å². The maximum atomic E-state index is 12.6. The van der Waals surface area contributed by atoms with E-state index in [9.17, 15) is 4.79 Å². The number of carbonyl (C=O) groups is 1. The lowest BCUT2D eigenvalue weighted by atomic mass is 9.98. The highest BCUT2D eigenvalue weighted by molar-refractivity contribution is 5.92. The normalized spacial score (nSPS) is 14.9. The molecule has 0 atom stereocenters. The van der Waals surface area contributed by atoms with E-state index >= 15 is 0 Å². The molecular formula is C24H33N3O2. The highest BCUT2D eigenvalue weighted by Crippen LogP contribution is 2.27. The molecule has 0 bridgehead atoms. The molecule has 1 saturated heterocycles. The Morgan fingerprint density at radius 1 is 1.07 bits per heavy atom. The number of para-hydroxylation sites is 1. The molecule has 1 heterocycles. The second kappa shape index (κ2) is 9.79. The van der Waals surface area contributed by atoms with Gasteiger partial charge < -0.3 is 15.0 Å². The summed E-state index contributed by atoms with van der Waals surface area (Å²) in [7, 11) is 1.69. The van der Waals surface area contributed by atoms with Crippen LogP contribution in [0.4, 0.5) is 11.4 Å². The summed E-state index contributed by atoms with van der Waals surface area (Å²) in [5.74, 6) is 1.36. The number of rotatable bonds is 7. The van der Waals surface area contributed by atoms with Crippen molar-refractivity contribution in [2.45, 2.75) is 33.1 Å². The largest absolute Gasteiger partial charge is 0.497 e. The van der Waals surface area contributed by atoms with Crippen molar-refractivity contribution >= 4 is 17.3 Å². The number of ether oxygens (including phenoxy) is 1. The van der Waals surface area contributed by atoms with Crippen LogP contribution in [0.25, 0.3) is 0 Å². The zero-order chi connectivity index (χ0) is 20.8. The summed E-state index contributed by atoms with van der Waals surface area (Å²) in [5, 5.41) is 3.16. The van der Waals surface area contributed by atoms with E-state index in [1.54, 1.807) is 7.11 Å². The fourth-order valence-corrected chi connectivity index (χ4v) is 3.83. The summed E-state index contributed by atoms with van der Waals surface area (Å²) in [6.07, 6.45) is 0.522. The minimum Gasteiger partial charge on any atom is -0.497 e. The van der Waals surface area contributed by atoms with Gasteiger partial charge in [0.25, 0.3) is 0 Å². The van der Waals surface area contributed by atoms with Crippen LogP contribution in [0.3, 0.4) is 0 Å². The van der Waals surface area contributed by atoms with Crippen molar-refractivity contribution in [1.82, 2.24) is 4.90 Å². The van der Waals surface area contributed by atoms with Crippen LogP contribution in [-0.2, 0) is 4.79 Å². The van der Waals surface area contributed by atoms with Gasteiger partial charge in [0.1, 0.15) is 5.75 Å². The van der Waals surface area contributed by atoms with E-state index in [2.05, 4.69) is 66.2 Å². The first kappa shape index (κ1) is 21.2. The average molecular weight is 396 g/mol. The lowest BCUT2D eigenvalue weighted by Crippen LogP contribution is -2.47. The van der Waals surface area contributed by atoms with Gasteiger partial charge in [-0.25, -0.2) is 0 Å². The zero-order valence-electron chi connectivity index (χ0n) is 18.1. The Balaban J connectivity index is 1.47. The molecule has 1 aliphatic heterocycles. The number of hydrogen-bond acceptors (Lipinski definition) is 4. The third-order valence-electron chi connectivity index (χ3n) is 5.66. The molecule has 1 fully saturated rings. The Labute approximate surface area is 174 Å². The van der Waals surface area contributed by atoms with E-state index in [0.29, 0.717) is 12.3 Å². The smallest absolute Gasteiger partial charge is 0.225 e. The Morgan fingerprint density at radius 3 is 2.38 bits per heavy atom. The third-order valence-corrected chi connectivity index (χ3v) is 5.66. The van der Waals surface area contributed by atoms with Crippen LogP contribution in [-0.4, -0.2) is 50.6 Å². The van der Waals surface area contributed by atoms with E-state index < -0.39 is 0 Å². The molecule has 1 aliphatic rings. The van der Waals surface area contributed by atoms with Crippen molar-refractivity contribution < 1.29 is 9.53 Å². The quantitative estimate of drug-likeness (QED) is 0.760. The number of nitrogens with zero attached hydrogens (tertiary/aromatic N) is 2. The Bertz CT molecular complexity index is 809. The van der Waals surface area contributed by atoms with E-state index in [-0.39, 0.29) is 5.91 Å². The van der Waals surface area contributed by atoms with Crippen LogP contribution in [0.5, 0.6) is 5.75 Å². The molecule has 0 spiro atoms. The van der Waals surface area contributed by atoms with Gasteiger partial charge in [-0.1, -0.05) is 32.0 Å². The first-order valence-corrected chi connectivity index (χ1v) is 10.5. The maximum absolute atomic E-state index is 12.6. The summed E-state index contributed by atoms with van der Waals surface area (Å²) < 4.78 is 5.23. The van der Waals surface area contributed by atoms with Gasteiger partial charge in [0, 0.05) is 50.5 Å². The molecule has 5 heteroatoms. The maximum Gasteiger partial charge on any atom is 0.225 e. The van der Waals surface area contributed by atoms with Gasteiger partial charge in [-0.15, -0.1) is 0 Å². The number of benzene rings is 2. The van der Waals surface area contributed by atoms with Gasteiger partial charge in [-0.3, -0.25) is 9.69 Å². The topological polar surface area (TPSA) is 44.8 Å². The van der Waals surface area contributed by atoms with E-state index in [1.807, 2.05) is 12.1 Å². The van der Waals surface area contributed by atoms with Crippen molar-refractivity contribution in [3.05, 3.63) is 53.6 Å². The third kappa shape index (κ3) is 5.51. The molecule has 0 aromatic heterocycles. The predicted octanol–water partition coefficient (Wildman–Crippen LogP) is 4.28. The summed E-state index contributed by atoms with van der Waals surface area (Å²) in [6, 6.07) is 14.4. The molecule has 5 nitrogen and oxygen atoms in total. The highest BCUT2D eigenvalue weighted by atomic mass is 16.5. The van der Waals surface area contributed by atoms with Crippen LogP contribution in [0.1, 0.15) is 37.3 Å². The molecule has 3 rings (SSSR count). The SMILES string of the molecule is COc1ccc(N2CCN(CCC(=O)Nc3c(C)cccc3C(C)C)CC2)cc1. The fraction of sp³-hybridized carbons (Fsp3) is 0.458. The molecule has 0 radical (unpaired) electrons. The average Bonchev–Trinajstić information content (AvgIpc) is 2.74. The van der Waals surface area contributed by atoms with E-state index in [1.165, 1.54) is 11.3 Å². The number of aryl methyl sites for hydroxylation is 1. The lowest BCUT2D eigenvalue weighted by Gasteiger charge is -2.36.